The minimum atomic E-state index is 0.709. The molecule has 4 nitrogen and oxygen atoms in total. The highest BCUT2D eigenvalue weighted by Gasteiger charge is 1.99. The number of aryl methyl sites for hydroxylation is 2. The second kappa shape index (κ2) is 4.82. The van der Waals surface area contributed by atoms with E-state index in [1.807, 2.05) is 44.2 Å². The van der Waals surface area contributed by atoms with Gasteiger partial charge in [0.05, 0.1) is 0 Å². The summed E-state index contributed by atoms with van der Waals surface area (Å²) in [6.45, 7) is 4.56. The van der Waals surface area contributed by atoms with E-state index in [1.165, 1.54) is 0 Å². The first-order valence-corrected chi connectivity index (χ1v) is 5.54. The number of benzene rings is 1. The largest absolute Gasteiger partial charge is 0.399 e. The first-order valence-electron chi connectivity index (χ1n) is 5.54. The molecular weight excluding hydrogens is 212 g/mol. The maximum Gasteiger partial charge on any atom is 0.130 e. The van der Waals surface area contributed by atoms with Crippen molar-refractivity contribution in [3.63, 3.8) is 0 Å². The monoisotopic (exact) mass is 228 g/mol. The van der Waals surface area contributed by atoms with Gasteiger partial charge in [-0.3, -0.25) is 0 Å². The third-order valence-electron chi connectivity index (χ3n) is 2.39. The van der Waals surface area contributed by atoms with Gasteiger partial charge in [0.1, 0.15) is 11.6 Å². The minimum absolute atomic E-state index is 0.709. The number of nitrogens with zero attached hydrogens (tertiary/aromatic N) is 2. The molecule has 0 aliphatic carbocycles. The molecule has 0 spiro atoms. The smallest absolute Gasteiger partial charge is 0.130 e. The van der Waals surface area contributed by atoms with Crippen LogP contribution in [0.15, 0.2) is 30.3 Å². The summed E-state index contributed by atoms with van der Waals surface area (Å²) in [5, 5.41) is 3.26. The molecule has 0 bridgehead atoms. The third-order valence-corrected chi connectivity index (χ3v) is 2.39. The van der Waals surface area contributed by atoms with E-state index in [0.29, 0.717) is 6.54 Å². The van der Waals surface area contributed by atoms with Crippen LogP contribution < -0.4 is 11.1 Å². The fourth-order valence-corrected chi connectivity index (χ4v) is 1.70. The maximum atomic E-state index is 5.72. The molecule has 1 aromatic heterocycles. The molecule has 0 saturated carbocycles. The Labute approximate surface area is 101 Å². The van der Waals surface area contributed by atoms with Crippen LogP contribution in [0.2, 0.25) is 0 Å². The topological polar surface area (TPSA) is 63.8 Å². The van der Waals surface area contributed by atoms with Crippen molar-refractivity contribution in [1.82, 2.24) is 9.97 Å². The van der Waals surface area contributed by atoms with E-state index >= 15 is 0 Å². The molecule has 0 radical (unpaired) electrons. The molecule has 2 aromatic rings. The molecule has 0 saturated heterocycles. The van der Waals surface area contributed by atoms with Crippen molar-refractivity contribution < 1.29 is 0 Å². The van der Waals surface area contributed by atoms with Gasteiger partial charge in [0.2, 0.25) is 0 Å². The first-order chi connectivity index (χ1) is 8.13. The molecule has 3 N–H and O–H groups in total. The highest BCUT2D eigenvalue weighted by Crippen LogP contribution is 2.10. The van der Waals surface area contributed by atoms with Crippen LogP contribution in [0.25, 0.3) is 0 Å². The van der Waals surface area contributed by atoms with Crippen LogP contribution in [0.5, 0.6) is 0 Å². The van der Waals surface area contributed by atoms with Gasteiger partial charge in [0.15, 0.2) is 0 Å². The second-order valence-corrected chi connectivity index (χ2v) is 4.04. The SMILES string of the molecule is Cc1cc(NCc2cccc(N)c2)nc(C)n1. The van der Waals surface area contributed by atoms with E-state index in [1.54, 1.807) is 0 Å². The Morgan fingerprint density at radius 2 is 2.00 bits per heavy atom. The maximum absolute atomic E-state index is 5.72. The highest BCUT2D eigenvalue weighted by molar-refractivity contribution is 5.43. The molecule has 4 heteroatoms. The summed E-state index contributed by atoms with van der Waals surface area (Å²) >= 11 is 0. The molecule has 2 rings (SSSR count). The van der Waals surface area contributed by atoms with Gasteiger partial charge in [-0.15, -0.1) is 0 Å². The molecule has 0 fully saturated rings. The third kappa shape index (κ3) is 3.17. The minimum Gasteiger partial charge on any atom is -0.399 e. The number of anilines is 2. The standard InChI is InChI=1S/C13H16N4/c1-9-6-13(17-10(2)16-9)15-8-11-4-3-5-12(14)7-11/h3-7H,8,14H2,1-2H3,(H,15,16,17). The van der Waals surface area contributed by atoms with Crippen LogP contribution in [0.3, 0.4) is 0 Å². The van der Waals surface area contributed by atoms with Crippen molar-refractivity contribution in [3.8, 4) is 0 Å². The Bertz CT molecular complexity index is 502. The zero-order valence-corrected chi connectivity index (χ0v) is 10.1. The van der Waals surface area contributed by atoms with E-state index < -0.39 is 0 Å². The summed E-state index contributed by atoms with van der Waals surface area (Å²) in [6.07, 6.45) is 0. The predicted octanol–water partition coefficient (Wildman–Crippen LogP) is 2.29. The zero-order chi connectivity index (χ0) is 12.3. The molecule has 0 atom stereocenters. The van der Waals surface area contributed by atoms with Gasteiger partial charge in [-0.25, -0.2) is 9.97 Å². The number of nitrogens with two attached hydrogens (primary N) is 1. The Balaban J connectivity index is 2.07. The summed E-state index contributed by atoms with van der Waals surface area (Å²) in [5.41, 5.74) is 8.60. The van der Waals surface area contributed by atoms with E-state index in [2.05, 4.69) is 15.3 Å². The lowest BCUT2D eigenvalue weighted by Crippen LogP contribution is -2.04. The fraction of sp³-hybridized carbons (Fsp3) is 0.231. The van der Waals surface area contributed by atoms with Gasteiger partial charge in [-0.2, -0.15) is 0 Å². The predicted molar refractivity (Wildman–Crippen MR) is 69.7 cm³/mol. The lowest BCUT2D eigenvalue weighted by molar-refractivity contribution is 0.992. The summed E-state index contributed by atoms with van der Waals surface area (Å²) in [5.74, 6) is 1.62. The fourth-order valence-electron chi connectivity index (χ4n) is 1.70. The van der Waals surface area contributed by atoms with Gasteiger partial charge >= 0.3 is 0 Å². The molecule has 0 unspecified atom stereocenters. The molecule has 17 heavy (non-hydrogen) atoms. The molecular formula is C13H16N4. The van der Waals surface area contributed by atoms with E-state index in [0.717, 1.165) is 28.6 Å². The highest BCUT2D eigenvalue weighted by atomic mass is 15.0. The van der Waals surface area contributed by atoms with Crippen molar-refractivity contribution in [3.05, 3.63) is 47.4 Å². The quantitative estimate of drug-likeness (QED) is 0.791. The van der Waals surface area contributed by atoms with Gasteiger partial charge in [-0.05, 0) is 31.5 Å². The van der Waals surface area contributed by atoms with Crippen molar-refractivity contribution in [2.24, 2.45) is 0 Å². The summed E-state index contributed by atoms with van der Waals surface area (Å²) in [6, 6.07) is 9.74. The number of hydrogen-bond donors (Lipinski definition) is 2. The number of rotatable bonds is 3. The normalized spacial score (nSPS) is 10.2. The Kier molecular flexibility index (Phi) is 3.23. The summed E-state index contributed by atoms with van der Waals surface area (Å²) in [7, 11) is 0. The van der Waals surface area contributed by atoms with Gasteiger partial charge in [0, 0.05) is 24.0 Å². The van der Waals surface area contributed by atoms with E-state index in [4.69, 9.17) is 5.73 Å². The Morgan fingerprint density at radius 3 is 2.71 bits per heavy atom. The van der Waals surface area contributed by atoms with Crippen LogP contribution in [0.1, 0.15) is 17.1 Å². The number of nitrogens with one attached hydrogen (secondary N) is 1. The lowest BCUT2D eigenvalue weighted by Gasteiger charge is -2.07. The Hall–Kier alpha value is -2.10. The number of aromatic nitrogens is 2. The van der Waals surface area contributed by atoms with Crippen LogP contribution in [0.4, 0.5) is 11.5 Å². The van der Waals surface area contributed by atoms with Crippen LogP contribution in [-0.2, 0) is 6.54 Å². The molecule has 0 aliphatic rings. The Morgan fingerprint density at radius 1 is 1.18 bits per heavy atom. The lowest BCUT2D eigenvalue weighted by atomic mass is 10.2. The number of hydrogen-bond acceptors (Lipinski definition) is 4. The van der Waals surface area contributed by atoms with Crippen molar-refractivity contribution in [2.45, 2.75) is 20.4 Å². The molecule has 0 aliphatic heterocycles. The van der Waals surface area contributed by atoms with Crippen LogP contribution in [0, 0.1) is 13.8 Å². The first kappa shape index (κ1) is 11.4. The van der Waals surface area contributed by atoms with E-state index in [9.17, 15) is 0 Å². The van der Waals surface area contributed by atoms with Gasteiger partial charge in [-0.1, -0.05) is 12.1 Å². The van der Waals surface area contributed by atoms with Gasteiger partial charge in [0.25, 0.3) is 0 Å². The van der Waals surface area contributed by atoms with Crippen molar-refractivity contribution in [1.29, 1.82) is 0 Å². The van der Waals surface area contributed by atoms with Gasteiger partial charge < -0.3 is 11.1 Å². The average molecular weight is 228 g/mol. The molecule has 1 heterocycles. The molecule has 0 amide bonds. The van der Waals surface area contributed by atoms with Crippen molar-refractivity contribution in [2.75, 3.05) is 11.1 Å². The summed E-state index contributed by atoms with van der Waals surface area (Å²) in [4.78, 5) is 8.55. The van der Waals surface area contributed by atoms with Crippen LogP contribution in [-0.4, -0.2) is 9.97 Å². The number of nitrogen functional groups attached to an aromatic ring is 1. The zero-order valence-electron chi connectivity index (χ0n) is 10.1. The average Bonchev–Trinajstić information content (AvgIpc) is 2.25. The second-order valence-electron chi connectivity index (χ2n) is 4.04. The molecule has 88 valence electrons. The van der Waals surface area contributed by atoms with Crippen LogP contribution >= 0.6 is 0 Å². The summed E-state index contributed by atoms with van der Waals surface area (Å²) < 4.78 is 0. The van der Waals surface area contributed by atoms with E-state index in [-0.39, 0.29) is 0 Å². The van der Waals surface area contributed by atoms with Crippen molar-refractivity contribution >= 4 is 11.5 Å². The molecule has 1 aromatic carbocycles.